The monoisotopic (exact) mass is 490 g/mol. The van der Waals surface area contributed by atoms with Gasteiger partial charge in [-0.3, -0.25) is 28.8 Å². The van der Waals surface area contributed by atoms with Gasteiger partial charge in [-0.15, -0.1) is 0 Å². The number of piperazine rings is 1. The van der Waals surface area contributed by atoms with Gasteiger partial charge in [-0.2, -0.15) is 0 Å². The maximum atomic E-state index is 13.2. The van der Waals surface area contributed by atoms with Crippen molar-refractivity contribution in [2.75, 3.05) is 49.9 Å². The van der Waals surface area contributed by atoms with Crippen LogP contribution in [0.3, 0.4) is 0 Å². The van der Waals surface area contributed by atoms with Crippen LogP contribution < -0.4 is 21.9 Å². The fourth-order valence-electron chi connectivity index (χ4n) is 4.37. The summed E-state index contributed by atoms with van der Waals surface area (Å²) >= 11 is 0. The molecular weight excluding hydrogens is 460 g/mol. The number of rotatable bonds is 7. The molecule has 2 aromatic carbocycles. The van der Waals surface area contributed by atoms with E-state index in [1.807, 2.05) is 53.4 Å². The van der Waals surface area contributed by atoms with Crippen LogP contribution in [0.2, 0.25) is 0 Å². The molecule has 0 aliphatic carbocycles. The third-order valence-electron chi connectivity index (χ3n) is 6.32. The Kier molecular flexibility index (Phi) is 7.65. The van der Waals surface area contributed by atoms with Crippen molar-refractivity contribution in [2.45, 2.75) is 13.5 Å². The minimum atomic E-state index is -0.699. The summed E-state index contributed by atoms with van der Waals surface area (Å²) in [5.41, 5.74) is 6.39. The van der Waals surface area contributed by atoms with Gasteiger partial charge in [0.2, 0.25) is 5.91 Å². The first-order valence-corrected chi connectivity index (χ1v) is 11.9. The highest BCUT2D eigenvalue weighted by atomic mass is 16.2. The van der Waals surface area contributed by atoms with Crippen molar-refractivity contribution in [3.63, 3.8) is 0 Å². The van der Waals surface area contributed by atoms with Gasteiger partial charge in [-0.1, -0.05) is 48.5 Å². The number of aromatic nitrogens is 2. The van der Waals surface area contributed by atoms with Crippen LogP contribution in [-0.4, -0.2) is 70.4 Å². The van der Waals surface area contributed by atoms with Crippen molar-refractivity contribution in [2.24, 2.45) is 0 Å². The first kappa shape index (κ1) is 24.9. The molecule has 4 rings (SSSR count). The number of hydrogen-bond donors (Lipinski definition) is 2. The molecule has 0 spiro atoms. The van der Waals surface area contributed by atoms with Crippen LogP contribution in [0.5, 0.6) is 0 Å². The summed E-state index contributed by atoms with van der Waals surface area (Å²) in [5.74, 6) is -0.389. The first-order valence-electron chi connectivity index (χ1n) is 11.9. The van der Waals surface area contributed by atoms with Crippen LogP contribution in [0, 0.1) is 0 Å². The molecular formula is C26H30N6O4. The lowest BCUT2D eigenvalue weighted by Gasteiger charge is -2.35. The van der Waals surface area contributed by atoms with Gasteiger partial charge in [-0.05, 0) is 24.6 Å². The molecule has 1 saturated heterocycles. The fraction of sp³-hybridized carbons (Fsp3) is 0.308. The Balaban J connectivity index is 1.46. The average molecular weight is 491 g/mol. The number of benzene rings is 2. The highest BCUT2D eigenvalue weighted by molar-refractivity contribution is 5.97. The summed E-state index contributed by atoms with van der Waals surface area (Å²) in [5, 5.41) is 0. The Bertz CT molecular complexity index is 1330. The molecule has 3 N–H and O–H groups in total. The molecule has 1 aliphatic rings. The van der Waals surface area contributed by atoms with E-state index in [1.165, 1.54) is 9.47 Å². The topological polar surface area (TPSA) is 125 Å². The highest BCUT2D eigenvalue weighted by Crippen LogP contribution is 2.18. The van der Waals surface area contributed by atoms with Crippen molar-refractivity contribution < 1.29 is 9.59 Å². The minimum absolute atomic E-state index is 0.0308. The summed E-state index contributed by atoms with van der Waals surface area (Å²) in [4.78, 5) is 58.5. The summed E-state index contributed by atoms with van der Waals surface area (Å²) < 4.78 is 1.26. The highest BCUT2D eigenvalue weighted by Gasteiger charge is 2.27. The second kappa shape index (κ2) is 11.0. The number of nitrogen functional groups attached to an aromatic ring is 1. The zero-order valence-corrected chi connectivity index (χ0v) is 20.2. The third kappa shape index (κ3) is 5.38. The third-order valence-corrected chi connectivity index (χ3v) is 6.32. The standard InChI is InChI=1S/C26H30N6O4/c1-2-31(22-23(27)32(26(36)28-24(22)34)17-19-9-5-3-6-10-19)21(33)18-29-13-15-30(16-14-29)25(35)20-11-7-4-8-12-20/h3-12H,2,13-18,27H2,1H3,(H,28,34,36). The van der Waals surface area contributed by atoms with Crippen molar-refractivity contribution in [1.29, 1.82) is 0 Å². The maximum Gasteiger partial charge on any atom is 0.330 e. The number of likely N-dealkylation sites (N-methyl/N-ethyl adjacent to an activating group) is 1. The second-order valence-corrected chi connectivity index (χ2v) is 8.64. The number of H-pyrrole nitrogens is 1. The second-order valence-electron chi connectivity index (χ2n) is 8.64. The van der Waals surface area contributed by atoms with E-state index in [0.29, 0.717) is 31.7 Å². The molecule has 0 atom stereocenters. The van der Waals surface area contributed by atoms with Crippen molar-refractivity contribution in [3.8, 4) is 0 Å². The fourth-order valence-corrected chi connectivity index (χ4v) is 4.37. The number of nitrogens with two attached hydrogens (primary N) is 1. The lowest BCUT2D eigenvalue weighted by Crippen LogP contribution is -2.52. The minimum Gasteiger partial charge on any atom is -0.383 e. The van der Waals surface area contributed by atoms with E-state index in [0.717, 1.165) is 5.56 Å². The van der Waals surface area contributed by atoms with E-state index < -0.39 is 11.2 Å². The van der Waals surface area contributed by atoms with E-state index >= 15 is 0 Å². The van der Waals surface area contributed by atoms with E-state index in [9.17, 15) is 19.2 Å². The van der Waals surface area contributed by atoms with Crippen LogP contribution in [0.15, 0.2) is 70.3 Å². The molecule has 1 aliphatic heterocycles. The number of nitrogens with one attached hydrogen (secondary N) is 1. The quantitative estimate of drug-likeness (QED) is 0.509. The van der Waals surface area contributed by atoms with E-state index in [2.05, 4.69) is 4.98 Å². The molecule has 0 unspecified atom stereocenters. The Labute approximate surface area is 208 Å². The SMILES string of the molecule is CCN(C(=O)CN1CCN(C(=O)c2ccccc2)CC1)c1c(N)n(Cc2ccccc2)c(=O)[nH]c1=O. The number of anilines is 2. The molecule has 3 aromatic rings. The molecule has 1 fully saturated rings. The molecule has 1 aromatic heterocycles. The normalized spacial score (nSPS) is 14.0. The molecule has 10 nitrogen and oxygen atoms in total. The smallest absolute Gasteiger partial charge is 0.330 e. The number of aromatic amines is 1. The summed E-state index contributed by atoms with van der Waals surface area (Å²) in [6.07, 6.45) is 0. The molecule has 0 bridgehead atoms. The van der Waals surface area contributed by atoms with Crippen molar-refractivity contribution in [3.05, 3.63) is 92.6 Å². The number of hydrogen-bond acceptors (Lipinski definition) is 6. The van der Waals surface area contributed by atoms with Crippen molar-refractivity contribution in [1.82, 2.24) is 19.4 Å². The molecule has 0 saturated carbocycles. The Morgan fingerprint density at radius 2 is 1.56 bits per heavy atom. The number of nitrogens with zero attached hydrogens (tertiary/aromatic N) is 4. The van der Waals surface area contributed by atoms with Crippen LogP contribution >= 0.6 is 0 Å². The van der Waals surface area contributed by atoms with E-state index in [1.54, 1.807) is 24.0 Å². The maximum absolute atomic E-state index is 13.2. The van der Waals surface area contributed by atoms with Gasteiger partial charge >= 0.3 is 5.69 Å². The van der Waals surface area contributed by atoms with Crippen LogP contribution in [0.25, 0.3) is 0 Å². The molecule has 188 valence electrons. The predicted octanol–water partition coefficient (Wildman–Crippen LogP) is 0.978. The molecule has 2 heterocycles. The zero-order chi connectivity index (χ0) is 25.7. The van der Waals surface area contributed by atoms with E-state index in [-0.39, 0.29) is 43.0 Å². The number of carbonyl (C=O) groups is 2. The Morgan fingerprint density at radius 1 is 0.944 bits per heavy atom. The largest absolute Gasteiger partial charge is 0.383 e. The van der Waals surface area contributed by atoms with Gasteiger partial charge < -0.3 is 15.5 Å². The molecule has 36 heavy (non-hydrogen) atoms. The van der Waals surface area contributed by atoms with Crippen LogP contribution in [-0.2, 0) is 11.3 Å². The van der Waals surface area contributed by atoms with Gasteiger partial charge in [-0.25, -0.2) is 4.79 Å². The van der Waals surface area contributed by atoms with Gasteiger partial charge in [0.1, 0.15) is 5.82 Å². The predicted molar refractivity (Wildman–Crippen MR) is 138 cm³/mol. The summed E-state index contributed by atoms with van der Waals surface area (Å²) in [6, 6.07) is 18.4. The molecule has 0 radical (unpaired) electrons. The molecule has 2 amide bonds. The Morgan fingerprint density at radius 3 is 2.17 bits per heavy atom. The lowest BCUT2D eigenvalue weighted by molar-refractivity contribution is -0.120. The van der Waals surface area contributed by atoms with Crippen LogP contribution in [0.4, 0.5) is 11.5 Å². The van der Waals surface area contributed by atoms with Crippen LogP contribution in [0.1, 0.15) is 22.8 Å². The van der Waals surface area contributed by atoms with E-state index in [4.69, 9.17) is 5.73 Å². The Hall–Kier alpha value is -4.18. The summed E-state index contributed by atoms with van der Waals surface area (Å²) in [6.45, 7) is 4.25. The lowest BCUT2D eigenvalue weighted by atomic mass is 10.2. The van der Waals surface area contributed by atoms with Crippen molar-refractivity contribution >= 4 is 23.3 Å². The number of amides is 2. The van der Waals surface area contributed by atoms with Gasteiger partial charge in [0, 0.05) is 38.3 Å². The van der Waals surface area contributed by atoms with Gasteiger partial charge in [0.25, 0.3) is 11.5 Å². The zero-order valence-electron chi connectivity index (χ0n) is 20.2. The first-order chi connectivity index (χ1) is 17.4. The number of carbonyl (C=O) groups excluding carboxylic acids is 2. The average Bonchev–Trinajstić information content (AvgIpc) is 2.90. The molecule has 10 heteroatoms. The summed E-state index contributed by atoms with van der Waals surface area (Å²) in [7, 11) is 0. The van der Waals surface area contributed by atoms with Gasteiger partial charge in [0.05, 0.1) is 13.1 Å². The van der Waals surface area contributed by atoms with Gasteiger partial charge in [0.15, 0.2) is 5.69 Å².